The van der Waals surface area contributed by atoms with E-state index in [9.17, 15) is 0 Å². The Labute approximate surface area is 117 Å². The predicted octanol–water partition coefficient (Wildman–Crippen LogP) is 1.06. The number of hydrogen-bond donors (Lipinski definition) is 0. The maximum Gasteiger partial charge on any atom is 0.128 e. The summed E-state index contributed by atoms with van der Waals surface area (Å²) < 4.78 is 7.64. The van der Waals surface area contributed by atoms with Gasteiger partial charge in [0.2, 0.25) is 0 Å². The highest BCUT2D eigenvalue weighted by atomic mass is 16.5. The second-order valence-corrected chi connectivity index (χ2v) is 4.68. The number of rotatable bonds is 3. The molecule has 6 heteroatoms. The molecule has 1 saturated heterocycles. The number of morpholine rings is 1. The molecular formula is C14H15N5O. The SMILES string of the molecule is N#Cc1ccc(N2CCO[C@H](Cn3cccn3)C2)nc1. The molecular weight excluding hydrogens is 254 g/mol. The van der Waals surface area contributed by atoms with Crippen LogP contribution in [0.4, 0.5) is 5.82 Å². The van der Waals surface area contributed by atoms with Crippen LogP contribution < -0.4 is 4.90 Å². The minimum Gasteiger partial charge on any atom is -0.373 e. The van der Waals surface area contributed by atoms with E-state index < -0.39 is 0 Å². The third kappa shape index (κ3) is 2.78. The standard InChI is InChI=1S/C14H15N5O/c15-8-12-2-3-14(16-9-12)18-6-7-20-13(10-18)11-19-5-1-4-17-19/h1-5,9,13H,6-7,10-11H2/t13-/m0/s1. The molecule has 0 N–H and O–H groups in total. The fraction of sp³-hybridized carbons (Fsp3) is 0.357. The fourth-order valence-corrected chi connectivity index (χ4v) is 2.29. The van der Waals surface area contributed by atoms with Crippen LogP contribution in [0.5, 0.6) is 0 Å². The Bertz CT molecular complexity index is 587. The molecule has 0 saturated carbocycles. The third-order valence-electron chi connectivity index (χ3n) is 3.29. The lowest BCUT2D eigenvalue weighted by atomic mass is 10.2. The van der Waals surface area contributed by atoms with Gasteiger partial charge in [-0.05, 0) is 18.2 Å². The number of hydrogen-bond acceptors (Lipinski definition) is 5. The predicted molar refractivity (Wildman–Crippen MR) is 73.1 cm³/mol. The van der Waals surface area contributed by atoms with Crippen LogP contribution in [0.25, 0.3) is 0 Å². The van der Waals surface area contributed by atoms with Gasteiger partial charge in [-0.3, -0.25) is 4.68 Å². The monoisotopic (exact) mass is 269 g/mol. The Morgan fingerprint density at radius 2 is 2.40 bits per heavy atom. The number of pyridine rings is 1. The minimum absolute atomic E-state index is 0.0982. The Balaban J connectivity index is 1.66. The first-order chi connectivity index (χ1) is 9.85. The molecule has 6 nitrogen and oxygen atoms in total. The van der Waals surface area contributed by atoms with E-state index >= 15 is 0 Å². The van der Waals surface area contributed by atoms with Crippen molar-refractivity contribution in [2.24, 2.45) is 0 Å². The maximum atomic E-state index is 8.79. The van der Waals surface area contributed by atoms with Crippen molar-refractivity contribution < 1.29 is 4.74 Å². The molecule has 0 aliphatic carbocycles. The van der Waals surface area contributed by atoms with Gasteiger partial charge < -0.3 is 9.64 Å². The molecule has 1 aliphatic heterocycles. The van der Waals surface area contributed by atoms with Crippen molar-refractivity contribution in [1.82, 2.24) is 14.8 Å². The van der Waals surface area contributed by atoms with E-state index in [1.54, 1.807) is 18.5 Å². The summed E-state index contributed by atoms with van der Waals surface area (Å²) in [7, 11) is 0. The number of nitriles is 1. The topological polar surface area (TPSA) is 67.0 Å². The van der Waals surface area contributed by atoms with Crippen LogP contribution in [0.15, 0.2) is 36.8 Å². The summed E-state index contributed by atoms with van der Waals surface area (Å²) in [5.74, 6) is 0.887. The summed E-state index contributed by atoms with van der Waals surface area (Å²) in [4.78, 5) is 6.51. The van der Waals surface area contributed by atoms with E-state index in [1.807, 2.05) is 23.0 Å². The number of aromatic nitrogens is 3. The molecule has 2 aromatic rings. The molecule has 1 aliphatic rings. The van der Waals surface area contributed by atoms with Crippen molar-refractivity contribution in [1.29, 1.82) is 5.26 Å². The summed E-state index contributed by atoms with van der Waals surface area (Å²) in [6, 6.07) is 7.66. The van der Waals surface area contributed by atoms with Crippen LogP contribution in [0.2, 0.25) is 0 Å². The third-order valence-corrected chi connectivity index (χ3v) is 3.29. The van der Waals surface area contributed by atoms with Gasteiger partial charge >= 0.3 is 0 Å². The number of anilines is 1. The summed E-state index contributed by atoms with van der Waals surface area (Å²) in [5, 5.41) is 13.0. The number of ether oxygens (including phenoxy) is 1. The molecule has 0 radical (unpaired) electrons. The quantitative estimate of drug-likeness (QED) is 0.833. The van der Waals surface area contributed by atoms with Crippen LogP contribution in [0.1, 0.15) is 5.56 Å². The van der Waals surface area contributed by atoms with Gasteiger partial charge in [0.25, 0.3) is 0 Å². The molecule has 0 bridgehead atoms. The van der Waals surface area contributed by atoms with Crippen LogP contribution >= 0.6 is 0 Å². The van der Waals surface area contributed by atoms with Gasteiger partial charge in [0.05, 0.1) is 24.8 Å². The highest BCUT2D eigenvalue weighted by Crippen LogP contribution is 2.16. The average Bonchev–Trinajstić information content (AvgIpc) is 3.01. The van der Waals surface area contributed by atoms with E-state index in [-0.39, 0.29) is 6.10 Å². The smallest absolute Gasteiger partial charge is 0.128 e. The first kappa shape index (κ1) is 12.6. The van der Waals surface area contributed by atoms with Crippen LogP contribution in [0.3, 0.4) is 0 Å². The van der Waals surface area contributed by atoms with Gasteiger partial charge in [0.15, 0.2) is 0 Å². The Kier molecular flexibility index (Phi) is 3.61. The molecule has 2 aromatic heterocycles. The van der Waals surface area contributed by atoms with Crippen LogP contribution in [0, 0.1) is 11.3 Å². The van der Waals surface area contributed by atoms with E-state index in [4.69, 9.17) is 10.00 Å². The van der Waals surface area contributed by atoms with Gasteiger partial charge in [-0.1, -0.05) is 0 Å². The van der Waals surface area contributed by atoms with Crippen LogP contribution in [-0.4, -0.2) is 40.6 Å². The Morgan fingerprint density at radius 3 is 3.10 bits per heavy atom. The van der Waals surface area contributed by atoms with Crippen molar-refractivity contribution >= 4 is 5.82 Å². The second-order valence-electron chi connectivity index (χ2n) is 4.68. The second kappa shape index (κ2) is 5.72. The Morgan fingerprint density at radius 1 is 1.45 bits per heavy atom. The van der Waals surface area contributed by atoms with Gasteiger partial charge in [0.1, 0.15) is 11.9 Å². The zero-order valence-electron chi connectivity index (χ0n) is 11.0. The molecule has 0 unspecified atom stereocenters. The largest absolute Gasteiger partial charge is 0.373 e. The first-order valence-corrected chi connectivity index (χ1v) is 6.55. The van der Waals surface area contributed by atoms with Crippen molar-refractivity contribution in [2.45, 2.75) is 12.6 Å². The van der Waals surface area contributed by atoms with Crippen molar-refractivity contribution in [2.75, 3.05) is 24.6 Å². The van der Waals surface area contributed by atoms with E-state index in [0.29, 0.717) is 12.2 Å². The van der Waals surface area contributed by atoms with Gasteiger partial charge in [0, 0.05) is 31.7 Å². The lowest BCUT2D eigenvalue weighted by molar-refractivity contribution is 0.0272. The summed E-state index contributed by atoms with van der Waals surface area (Å²) in [6.45, 7) is 3.00. The lowest BCUT2D eigenvalue weighted by Gasteiger charge is -2.33. The molecule has 3 rings (SSSR count). The fourth-order valence-electron chi connectivity index (χ4n) is 2.29. The summed E-state index contributed by atoms with van der Waals surface area (Å²) in [6.07, 6.45) is 5.40. The molecule has 102 valence electrons. The molecule has 0 aromatic carbocycles. The highest BCUT2D eigenvalue weighted by Gasteiger charge is 2.21. The zero-order valence-corrected chi connectivity index (χ0v) is 11.0. The lowest BCUT2D eigenvalue weighted by Crippen LogP contribution is -2.44. The van der Waals surface area contributed by atoms with Gasteiger partial charge in [-0.25, -0.2) is 4.98 Å². The van der Waals surface area contributed by atoms with Crippen LogP contribution in [-0.2, 0) is 11.3 Å². The zero-order chi connectivity index (χ0) is 13.8. The van der Waals surface area contributed by atoms with Crippen molar-refractivity contribution in [3.63, 3.8) is 0 Å². The molecule has 0 spiro atoms. The first-order valence-electron chi connectivity index (χ1n) is 6.55. The normalized spacial score (nSPS) is 18.8. The van der Waals surface area contributed by atoms with Crippen molar-refractivity contribution in [3.8, 4) is 6.07 Å². The van der Waals surface area contributed by atoms with E-state index in [2.05, 4.69) is 21.1 Å². The molecule has 0 amide bonds. The summed E-state index contributed by atoms with van der Waals surface area (Å²) >= 11 is 0. The summed E-state index contributed by atoms with van der Waals surface area (Å²) in [5.41, 5.74) is 0.579. The minimum atomic E-state index is 0.0982. The van der Waals surface area contributed by atoms with E-state index in [1.165, 1.54) is 0 Å². The average molecular weight is 269 g/mol. The van der Waals surface area contributed by atoms with E-state index in [0.717, 1.165) is 25.5 Å². The molecule has 1 atom stereocenters. The molecule has 1 fully saturated rings. The molecule has 3 heterocycles. The van der Waals surface area contributed by atoms with Gasteiger partial charge in [-0.2, -0.15) is 10.4 Å². The highest BCUT2D eigenvalue weighted by molar-refractivity contribution is 5.42. The Hall–Kier alpha value is -2.39. The van der Waals surface area contributed by atoms with Gasteiger partial charge in [-0.15, -0.1) is 0 Å². The molecule has 20 heavy (non-hydrogen) atoms. The van der Waals surface area contributed by atoms with Crippen molar-refractivity contribution in [3.05, 3.63) is 42.4 Å². The number of nitrogens with zero attached hydrogens (tertiary/aromatic N) is 5. The maximum absolute atomic E-state index is 8.79.